The lowest BCUT2D eigenvalue weighted by Crippen LogP contribution is -2.49. The predicted molar refractivity (Wildman–Crippen MR) is 114 cm³/mol. The van der Waals surface area contributed by atoms with Gasteiger partial charge in [0, 0.05) is 40.3 Å². The van der Waals surface area contributed by atoms with Gasteiger partial charge >= 0.3 is 0 Å². The van der Waals surface area contributed by atoms with E-state index in [2.05, 4.69) is 15.6 Å². The lowest BCUT2D eigenvalue weighted by atomic mass is 9.84. The first kappa shape index (κ1) is 23.6. The lowest BCUT2D eigenvalue weighted by Gasteiger charge is -2.31. The molecule has 0 saturated heterocycles. The third-order valence-corrected chi connectivity index (χ3v) is 4.87. The molecule has 1 aliphatic carbocycles. The second-order valence-electron chi connectivity index (χ2n) is 7.07. The quantitative estimate of drug-likeness (QED) is 0.364. The maximum atomic E-state index is 13.2. The number of halogens is 3. The molecule has 0 heterocycles. The zero-order chi connectivity index (χ0) is 19.2. The molecule has 0 bridgehead atoms. The van der Waals surface area contributed by atoms with Crippen LogP contribution in [-0.2, 0) is 11.2 Å². The second kappa shape index (κ2) is 10.8. The summed E-state index contributed by atoms with van der Waals surface area (Å²) in [5.41, 5.74) is 0.202. The zero-order valence-electron chi connectivity index (χ0n) is 16.1. The Labute approximate surface area is 177 Å². The number of benzene rings is 1. The number of guanidine groups is 1. The van der Waals surface area contributed by atoms with E-state index in [1.807, 2.05) is 0 Å². The molecular weight excluding hydrogens is 465 g/mol. The first-order valence-electron chi connectivity index (χ1n) is 8.97. The summed E-state index contributed by atoms with van der Waals surface area (Å²) in [6.45, 7) is 1.01. The van der Waals surface area contributed by atoms with Crippen molar-refractivity contribution in [3.63, 3.8) is 0 Å². The van der Waals surface area contributed by atoms with Crippen molar-refractivity contribution in [3.05, 3.63) is 35.4 Å². The van der Waals surface area contributed by atoms with Crippen LogP contribution in [0.2, 0.25) is 0 Å². The van der Waals surface area contributed by atoms with Gasteiger partial charge in [0.05, 0.1) is 5.41 Å². The number of amides is 1. The Morgan fingerprint density at radius 2 is 1.74 bits per heavy atom. The Bertz CT molecular complexity index is 641. The van der Waals surface area contributed by atoms with E-state index in [1.165, 1.54) is 12.1 Å². The molecule has 1 aromatic rings. The van der Waals surface area contributed by atoms with Crippen LogP contribution >= 0.6 is 24.0 Å². The number of rotatable bonds is 6. The Morgan fingerprint density at radius 3 is 2.26 bits per heavy atom. The van der Waals surface area contributed by atoms with E-state index in [1.54, 1.807) is 26.0 Å². The van der Waals surface area contributed by atoms with E-state index < -0.39 is 11.6 Å². The summed E-state index contributed by atoms with van der Waals surface area (Å²) in [6.07, 6.45) is 4.32. The van der Waals surface area contributed by atoms with E-state index in [0.717, 1.165) is 31.7 Å². The van der Waals surface area contributed by atoms with Gasteiger partial charge in [-0.3, -0.25) is 9.79 Å². The average molecular weight is 494 g/mol. The fourth-order valence-corrected chi connectivity index (χ4v) is 3.55. The van der Waals surface area contributed by atoms with Crippen LogP contribution in [0.4, 0.5) is 8.78 Å². The van der Waals surface area contributed by atoms with Gasteiger partial charge in [-0.25, -0.2) is 8.78 Å². The van der Waals surface area contributed by atoms with Gasteiger partial charge in [0.15, 0.2) is 5.96 Å². The van der Waals surface area contributed by atoms with Crippen molar-refractivity contribution in [1.82, 2.24) is 15.5 Å². The number of aliphatic imine (C=N–C) groups is 1. The van der Waals surface area contributed by atoms with Gasteiger partial charge in [0.1, 0.15) is 11.6 Å². The molecule has 8 heteroatoms. The maximum Gasteiger partial charge on any atom is 0.230 e. The van der Waals surface area contributed by atoms with Crippen molar-refractivity contribution in [2.45, 2.75) is 32.1 Å². The fourth-order valence-electron chi connectivity index (χ4n) is 3.55. The summed E-state index contributed by atoms with van der Waals surface area (Å²) in [5.74, 6) is -0.423. The highest BCUT2D eigenvalue weighted by atomic mass is 127. The highest BCUT2D eigenvalue weighted by molar-refractivity contribution is 14.0. The molecule has 152 valence electrons. The highest BCUT2D eigenvalue weighted by Crippen LogP contribution is 2.38. The van der Waals surface area contributed by atoms with Gasteiger partial charge in [-0.15, -0.1) is 24.0 Å². The Balaban J connectivity index is 0.00000364. The molecule has 2 rings (SSSR count). The number of nitrogens with zero attached hydrogens (tertiary/aromatic N) is 2. The van der Waals surface area contributed by atoms with Crippen LogP contribution in [0, 0.1) is 17.0 Å². The molecule has 0 aliphatic heterocycles. The van der Waals surface area contributed by atoms with Gasteiger partial charge in [-0.2, -0.15) is 0 Å². The number of hydrogen-bond acceptors (Lipinski definition) is 2. The van der Waals surface area contributed by atoms with Crippen LogP contribution in [0.1, 0.15) is 31.2 Å². The van der Waals surface area contributed by atoms with Crippen LogP contribution in [0.15, 0.2) is 23.2 Å². The number of carbonyl (C=O) groups excluding carboxylic acids is 1. The van der Waals surface area contributed by atoms with Gasteiger partial charge in [-0.05, 0) is 37.0 Å². The molecule has 27 heavy (non-hydrogen) atoms. The van der Waals surface area contributed by atoms with Gasteiger partial charge in [0.25, 0.3) is 0 Å². The Hall–Kier alpha value is -1.45. The van der Waals surface area contributed by atoms with Gasteiger partial charge in [0.2, 0.25) is 5.91 Å². The SMILES string of the molecule is CN=C(NCCc1cc(F)cc(F)c1)NCC1(C(=O)N(C)C)CCCC1.I. The van der Waals surface area contributed by atoms with Crippen molar-refractivity contribution in [2.24, 2.45) is 10.4 Å². The van der Waals surface area contributed by atoms with Crippen LogP contribution in [0.5, 0.6) is 0 Å². The van der Waals surface area contributed by atoms with Gasteiger partial charge < -0.3 is 15.5 Å². The van der Waals surface area contributed by atoms with Crippen molar-refractivity contribution < 1.29 is 13.6 Å². The lowest BCUT2D eigenvalue weighted by molar-refractivity contribution is -0.138. The fraction of sp³-hybridized carbons (Fsp3) is 0.579. The van der Waals surface area contributed by atoms with Gasteiger partial charge in [-0.1, -0.05) is 12.8 Å². The van der Waals surface area contributed by atoms with Crippen molar-refractivity contribution >= 4 is 35.8 Å². The standard InChI is InChI=1S/C19H28F2N4O.HI/c1-22-18(23-9-6-14-10-15(20)12-16(21)11-14)24-13-19(7-4-5-8-19)17(26)25(2)3;/h10-12H,4-9,13H2,1-3H3,(H2,22,23,24);1H. The van der Waals surface area contributed by atoms with Crippen molar-refractivity contribution in [1.29, 1.82) is 0 Å². The monoisotopic (exact) mass is 494 g/mol. The molecule has 1 saturated carbocycles. The summed E-state index contributed by atoms with van der Waals surface area (Å²) in [4.78, 5) is 18.4. The topological polar surface area (TPSA) is 56.7 Å². The van der Waals surface area contributed by atoms with Crippen LogP contribution < -0.4 is 10.6 Å². The molecule has 1 aliphatic rings. The Morgan fingerprint density at radius 1 is 1.15 bits per heavy atom. The second-order valence-corrected chi connectivity index (χ2v) is 7.07. The third kappa shape index (κ3) is 6.58. The number of hydrogen-bond donors (Lipinski definition) is 2. The molecule has 5 nitrogen and oxygen atoms in total. The summed E-state index contributed by atoms with van der Waals surface area (Å²) < 4.78 is 26.4. The minimum atomic E-state index is -0.576. The number of carbonyl (C=O) groups is 1. The van der Waals surface area contributed by atoms with E-state index in [-0.39, 0.29) is 35.3 Å². The van der Waals surface area contributed by atoms with E-state index >= 15 is 0 Å². The van der Waals surface area contributed by atoms with Crippen molar-refractivity contribution in [2.75, 3.05) is 34.2 Å². The van der Waals surface area contributed by atoms with E-state index in [9.17, 15) is 13.6 Å². The van der Waals surface area contributed by atoms with Crippen molar-refractivity contribution in [3.8, 4) is 0 Å². The maximum absolute atomic E-state index is 13.2. The van der Waals surface area contributed by atoms with Crippen LogP contribution in [-0.4, -0.2) is 51.0 Å². The molecule has 0 radical (unpaired) electrons. The highest BCUT2D eigenvalue weighted by Gasteiger charge is 2.42. The molecule has 0 aromatic heterocycles. The normalized spacial score (nSPS) is 15.8. The predicted octanol–water partition coefficient (Wildman–Crippen LogP) is 2.94. The minimum Gasteiger partial charge on any atom is -0.356 e. The molecule has 0 spiro atoms. The molecule has 1 aromatic carbocycles. The molecule has 2 N–H and O–H groups in total. The molecule has 1 amide bonds. The first-order chi connectivity index (χ1) is 12.4. The van der Waals surface area contributed by atoms with E-state index in [4.69, 9.17) is 0 Å². The first-order valence-corrected chi connectivity index (χ1v) is 8.97. The largest absolute Gasteiger partial charge is 0.356 e. The van der Waals surface area contributed by atoms with Crippen LogP contribution in [0.25, 0.3) is 0 Å². The minimum absolute atomic E-state index is 0. The average Bonchev–Trinajstić information content (AvgIpc) is 3.06. The summed E-state index contributed by atoms with van der Waals surface area (Å²) in [6, 6.07) is 3.51. The molecular formula is C19H29F2IN4O. The third-order valence-electron chi connectivity index (χ3n) is 4.87. The van der Waals surface area contributed by atoms with E-state index in [0.29, 0.717) is 31.0 Å². The molecule has 0 atom stereocenters. The van der Waals surface area contributed by atoms with Crippen LogP contribution in [0.3, 0.4) is 0 Å². The summed E-state index contributed by atoms with van der Waals surface area (Å²) in [7, 11) is 5.23. The number of nitrogens with one attached hydrogen (secondary N) is 2. The molecule has 1 fully saturated rings. The smallest absolute Gasteiger partial charge is 0.230 e. The summed E-state index contributed by atoms with van der Waals surface area (Å²) >= 11 is 0. The zero-order valence-corrected chi connectivity index (χ0v) is 18.5. The summed E-state index contributed by atoms with van der Waals surface area (Å²) in [5, 5.41) is 6.38. The Kier molecular flexibility index (Phi) is 9.41. The molecule has 0 unspecified atom stereocenters.